The van der Waals surface area contributed by atoms with Crippen molar-refractivity contribution >= 4 is 54.6 Å². The molecule has 2 rings (SSSR count). The van der Waals surface area contributed by atoms with Crippen molar-refractivity contribution in [1.29, 1.82) is 0 Å². The van der Waals surface area contributed by atoms with E-state index in [2.05, 4.69) is 27.6 Å². The van der Waals surface area contributed by atoms with Crippen LogP contribution in [0.25, 0.3) is 0 Å². The number of hydrogen-bond donors (Lipinski definition) is 2. The first-order valence-corrected chi connectivity index (χ1v) is 10.7. The number of thiophene rings is 1. The second-order valence-corrected chi connectivity index (χ2v) is 9.85. The van der Waals surface area contributed by atoms with Crippen LogP contribution < -0.4 is 9.62 Å². The molecule has 0 bridgehead atoms. The Kier molecular flexibility index (Phi) is 6.47. The van der Waals surface area contributed by atoms with Crippen molar-refractivity contribution < 1.29 is 18.3 Å². The normalized spacial score (nSPS) is 11.3. The highest BCUT2D eigenvalue weighted by atomic mass is 79.9. The highest BCUT2D eigenvalue weighted by Crippen LogP contribution is 2.32. The molecular weight excluding hydrogens is 428 g/mol. The van der Waals surface area contributed by atoms with Crippen LogP contribution in [0.2, 0.25) is 0 Å². The Morgan fingerprint density at radius 2 is 2.04 bits per heavy atom. The van der Waals surface area contributed by atoms with E-state index in [1.165, 1.54) is 18.2 Å². The summed E-state index contributed by atoms with van der Waals surface area (Å²) in [6, 6.07) is 7.60. The van der Waals surface area contributed by atoms with E-state index < -0.39 is 16.0 Å². The third kappa shape index (κ3) is 4.96. The number of hydrogen-bond acceptors (Lipinski definition) is 5. The van der Waals surface area contributed by atoms with Gasteiger partial charge in [-0.3, -0.25) is 4.72 Å². The number of anilines is 2. The number of nitrogens with zero attached hydrogens (tertiary/aromatic N) is 1. The third-order valence-corrected chi connectivity index (χ3v) is 7.04. The topological polar surface area (TPSA) is 86.7 Å². The summed E-state index contributed by atoms with van der Waals surface area (Å²) < 4.78 is 28.6. The number of unbranched alkanes of at least 4 members (excludes halogenated alkanes) is 1. The van der Waals surface area contributed by atoms with Gasteiger partial charge in [-0.15, -0.1) is 11.3 Å². The molecule has 1 aromatic carbocycles. The van der Waals surface area contributed by atoms with Gasteiger partial charge >= 0.3 is 5.97 Å². The van der Waals surface area contributed by atoms with E-state index in [0.717, 1.165) is 30.7 Å². The van der Waals surface area contributed by atoms with Crippen molar-refractivity contribution in [3.63, 3.8) is 0 Å². The number of rotatable bonds is 8. The summed E-state index contributed by atoms with van der Waals surface area (Å²) in [6.07, 6.45) is 1.95. The number of halogens is 1. The standard InChI is InChI=1S/C16H19BrN2O4S2/c1-3-4-9-19(2)13-6-5-11(16(20)21)10-12(13)18-25(22,23)15-8-7-14(17)24-15/h5-8,10,18H,3-4,9H2,1-2H3,(H,20,21). The Bertz CT molecular complexity index is 865. The van der Waals surface area contributed by atoms with Crippen molar-refractivity contribution in [2.45, 2.75) is 24.0 Å². The molecule has 0 saturated carbocycles. The van der Waals surface area contributed by atoms with Crippen molar-refractivity contribution in [3.8, 4) is 0 Å². The van der Waals surface area contributed by atoms with Crippen LogP contribution >= 0.6 is 27.3 Å². The zero-order valence-electron chi connectivity index (χ0n) is 13.8. The van der Waals surface area contributed by atoms with Crippen LogP contribution in [-0.2, 0) is 10.0 Å². The van der Waals surface area contributed by atoms with Crippen LogP contribution in [0.1, 0.15) is 30.1 Å². The fourth-order valence-electron chi connectivity index (χ4n) is 2.24. The molecule has 9 heteroatoms. The molecule has 0 radical (unpaired) electrons. The monoisotopic (exact) mass is 446 g/mol. The van der Waals surface area contributed by atoms with Crippen molar-refractivity contribution in [3.05, 3.63) is 39.7 Å². The molecule has 1 aromatic heterocycles. The molecule has 1 heterocycles. The number of carboxylic acid groups (broad SMARTS) is 1. The maximum Gasteiger partial charge on any atom is 0.335 e. The van der Waals surface area contributed by atoms with E-state index in [-0.39, 0.29) is 15.5 Å². The van der Waals surface area contributed by atoms with Crippen LogP contribution in [0.3, 0.4) is 0 Å². The van der Waals surface area contributed by atoms with Crippen LogP contribution in [0.5, 0.6) is 0 Å². The van der Waals surface area contributed by atoms with E-state index in [1.807, 2.05) is 11.9 Å². The van der Waals surface area contributed by atoms with E-state index in [1.54, 1.807) is 12.1 Å². The second kappa shape index (κ2) is 8.20. The van der Waals surface area contributed by atoms with E-state index in [9.17, 15) is 18.3 Å². The Labute approximate surface area is 159 Å². The summed E-state index contributed by atoms with van der Waals surface area (Å²) in [4.78, 5) is 13.2. The molecule has 0 spiro atoms. The molecule has 0 atom stereocenters. The maximum absolute atomic E-state index is 12.6. The lowest BCUT2D eigenvalue weighted by Crippen LogP contribution is -2.21. The summed E-state index contributed by atoms with van der Waals surface area (Å²) in [5, 5.41) is 9.20. The zero-order chi connectivity index (χ0) is 18.6. The summed E-state index contributed by atoms with van der Waals surface area (Å²) in [5.41, 5.74) is 0.915. The molecule has 2 aromatic rings. The van der Waals surface area contributed by atoms with Gasteiger partial charge in [0, 0.05) is 13.6 Å². The molecule has 2 N–H and O–H groups in total. The van der Waals surface area contributed by atoms with Gasteiger partial charge in [0.1, 0.15) is 4.21 Å². The molecule has 6 nitrogen and oxygen atoms in total. The molecule has 0 unspecified atom stereocenters. The van der Waals surface area contributed by atoms with Gasteiger partial charge in [0.2, 0.25) is 0 Å². The fourth-order valence-corrected chi connectivity index (χ4v) is 5.31. The largest absolute Gasteiger partial charge is 0.478 e. The molecule has 25 heavy (non-hydrogen) atoms. The minimum Gasteiger partial charge on any atom is -0.478 e. The third-order valence-electron chi connectivity index (χ3n) is 3.56. The summed E-state index contributed by atoms with van der Waals surface area (Å²) >= 11 is 4.34. The molecule has 0 aliphatic heterocycles. The van der Waals surface area contributed by atoms with Crippen LogP contribution in [0.15, 0.2) is 38.3 Å². The predicted octanol–water partition coefficient (Wildman–Crippen LogP) is 4.25. The number of carboxylic acids is 1. The van der Waals surface area contributed by atoms with Gasteiger partial charge < -0.3 is 10.0 Å². The lowest BCUT2D eigenvalue weighted by molar-refractivity contribution is 0.0697. The number of sulfonamides is 1. The van der Waals surface area contributed by atoms with Gasteiger partial charge in [-0.25, -0.2) is 13.2 Å². The van der Waals surface area contributed by atoms with E-state index >= 15 is 0 Å². The Balaban J connectivity index is 2.42. The lowest BCUT2D eigenvalue weighted by Gasteiger charge is -2.23. The van der Waals surface area contributed by atoms with Crippen molar-refractivity contribution in [2.75, 3.05) is 23.2 Å². The fraction of sp³-hybridized carbons (Fsp3) is 0.312. The summed E-state index contributed by atoms with van der Waals surface area (Å²) in [7, 11) is -1.94. The number of nitrogens with one attached hydrogen (secondary N) is 1. The van der Waals surface area contributed by atoms with Gasteiger partial charge in [0.05, 0.1) is 20.7 Å². The van der Waals surface area contributed by atoms with Gasteiger partial charge in [-0.05, 0) is 52.7 Å². The van der Waals surface area contributed by atoms with E-state index in [4.69, 9.17) is 0 Å². The Morgan fingerprint density at radius 3 is 2.60 bits per heavy atom. The van der Waals surface area contributed by atoms with Crippen LogP contribution in [-0.4, -0.2) is 33.1 Å². The minimum atomic E-state index is -3.79. The number of aromatic carboxylic acids is 1. The highest BCUT2D eigenvalue weighted by molar-refractivity contribution is 9.11. The first-order chi connectivity index (χ1) is 11.7. The van der Waals surface area contributed by atoms with Crippen LogP contribution in [0, 0.1) is 0 Å². The average molecular weight is 447 g/mol. The Hall–Kier alpha value is -1.58. The smallest absolute Gasteiger partial charge is 0.335 e. The van der Waals surface area contributed by atoms with Gasteiger partial charge in [0.25, 0.3) is 10.0 Å². The van der Waals surface area contributed by atoms with E-state index in [0.29, 0.717) is 9.47 Å². The molecule has 0 aliphatic carbocycles. The molecule has 0 aliphatic rings. The lowest BCUT2D eigenvalue weighted by atomic mass is 10.1. The second-order valence-electron chi connectivity index (χ2n) is 5.48. The molecule has 136 valence electrons. The summed E-state index contributed by atoms with van der Waals surface area (Å²) in [6.45, 7) is 2.81. The molecular formula is C16H19BrN2O4S2. The van der Waals surface area contributed by atoms with Crippen molar-refractivity contribution in [1.82, 2.24) is 0 Å². The SMILES string of the molecule is CCCCN(C)c1ccc(C(=O)O)cc1NS(=O)(=O)c1ccc(Br)s1. The summed E-state index contributed by atoms with van der Waals surface area (Å²) in [5.74, 6) is -1.11. The first kappa shape index (κ1) is 19.7. The molecule has 0 amide bonds. The predicted molar refractivity (Wildman–Crippen MR) is 104 cm³/mol. The van der Waals surface area contributed by atoms with Crippen molar-refractivity contribution in [2.24, 2.45) is 0 Å². The first-order valence-electron chi connectivity index (χ1n) is 7.61. The molecule has 0 saturated heterocycles. The van der Waals surface area contributed by atoms with Gasteiger partial charge in [-0.1, -0.05) is 13.3 Å². The average Bonchev–Trinajstić information content (AvgIpc) is 2.99. The van der Waals surface area contributed by atoms with Gasteiger partial charge in [-0.2, -0.15) is 0 Å². The number of benzene rings is 1. The minimum absolute atomic E-state index is 0.0256. The maximum atomic E-state index is 12.6. The van der Waals surface area contributed by atoms with Crippen LogP contribution in [0.4, 0.5) is 11.4 Å². The Morgan fingerprint density at radius 1 is 1.32 bits per heavy atom. The zero-order valence-corrected chi connectivity index (χ0v) is 17.0. The molecule has 0 fully saturated rings. The number of carbonyl (C=O) groups is 1. The van der Waals surface area contributed by atoms with Gasteiger partial charge in [0.15, 0.2) is 0 Å². The quantitative estimate of drug-likeness (QED) is 0.632. The highest BCUT2D eigenvalue weighted by Gasteiger charge is 2.20.